The Labute approximate surface area is 162 Å². The van der Waals surface area contributed by atoms with Crippen LogP contribution in [-0.2, 0) is 4.79 Å². The monoisotopic (exact) mass is 381 g/mol. The Kier molecular flexibility index (Phi) is 4.94. The standard InChI is InChI=1S/C20H23N5OS/c1-14-7-5-9-17(15(14)2)21-18(26)16-8-6-12-25(13-16)20-23-22-19(27-20)24-10-3-4-11-24/h3-5,7,9-11,16H,6,8,12-13H2,1-2H3,(H,21,26)/t16-/m0/s1. The summed E-state index contributed by atoms with van der Waals surface area (Å²) in [6.07, 6.45) is 5.79. The fourth-order valence-electron chi connectivity index (χ4n) is 3.39. The first-order chi connectivity index (χ1) is 13.1. The maximum Gasteiger partial charge on any atom is 0.229 e. The first-order valence-electron chi connectivity index (χ1n) is 9.20. The van der Waals surface area contributed by atoms with Crippen molar-refractivity contribution in [2.24, 2.45) is 5.92 Å². The zero-order valence-corrected chi connectivity index (χ0v) is 16.4. The molecule has 1 aromatic carbocycles. The molecule has 0 spiro atoms. The van der Waals surface area contributed by atoms with E-state index in [2.05, 4.69) is 33.4 Å². The van der Waals surface area contributed by atoms with Crippen LogP contribution in [0.15, 0.2) is 42.7 Å². The molecule has 3 heterocycles. The normalized spacial score (nSPS) is 17.1. The number of amides is 1. The van der Waals surface area contributed by atoms with Gasteiger partial charge in [0.1, 0.15) is 0 Å². The van der Waals surface area contributed by atoms with Crippen LogP contribution < -0.4 is 10.2 Å². The van der Waals surface area contributed by atoms with E-state index in [9.17, 15) is 4.79 Å². The van der Waals surface area contributed by atoms with Crippen LogP contribution in [0.2, 0.25) is 0 Å². The summed E-state index contributed by atoms with van der Waals surface area (Å²) in [6.45, 7) is 5.69. The smallest absolute Gasteiger partial charge is 0.229 e. The first-order valence-corrected chi connectivity index (χ1v) is 10.0. The zero-order chi connectivity index (χ0) is 18.8. The van der Waals surface area contributed by atoms with Crippen molar-refractivity contribution < 1.29 is 4.79 Å². The second kappa shape index (κ2) is 7.52. The second-order valence-electron chi connectivity index (χ2n) is 6.98. The van der Waals surface area contributed by atoms with Gasteiger partial charge in [0.15, 0.2) is 0 Å². The molecule has 1 fully saturated rings. The topological polar surface area (TPSA) is 63.1 Å². The number of nitrogens with one attached hydrogen (secondary N) is 1. The lowest BCUT2D eigenvalue weighted by molar-refractivity contribution is -0.120. The SMILES string of the molecule is Cc1cccc(NC(=O)[C@H]2CCCN(c3nnc(-n4cccc4)s3)C2)c1C. The number of aryl methyl sites for hydroxylation is 1. The highest BCUT2D eigenvalue weighted by Crippen LogP contribution is 2.28. The average Bonchev–Trinajstić information content (AvgIpc) is 3.37. The van der Waals surface area contributed by atoms with Crippen LogP contribution in [0.3, 0.4) is 0 Å². The summed E-state index contributed by atoms with van der Waals surface area (Å²) >= 11 is 1.55. The third-order valence-electron chi connectivity index (χ3n) is 5.15. The first kappa shape index (κ1) is 17.7. The summed E-state index contributed by atoms with van der Waals surface area (Å²) in [6, 6.07) is 9.94. The van der Waals surface area contributed by atoms with Gasteiger partial charge in [-0.15, -0.1) is 10.2 Å². The van der Waals surface area contributed by atoms with Gasteiger partial charge in [0.05, 0.1) is 5.92 Å². The molecule has 3 aromatic rings. The van der Waals surface area contributed by atoms with Crippen molar-refractivity contribution >= 4 is 28.1 Å². The van der Waals surface area contributed by atoms with Crippen LogP contribution in [0.4, 0.5) is 10.8 Å². The molecule has 4 rings (SSSR count). The average molecular weight is 382 g/mol. The molecule has 2 aromatic heterocycles. The maximum absolute atomic E-state index is 12.8. The fraction of sp³-hybridized carbons (Fsp3) is 0.350. The van der Waals surface area contributed by atoms with Gasteiger partial charge in [0.25, 0.3) is 0 Å². The van der Waals surface area contributed by atoms with E-state index in [1.807, 2.05) is 48.1 Å². The highest BCUT2D eigenvalue weighted by molar-refractivity contribution is 7.17. The molecule has 0 saturated carbocycles. The molecule has 0 aliphatic carbocycles. The molecule has 0 bridgehead atoms. The number of carbonyl (C=O) groups is 1. The van der Waals surface area contributed by atoms with Crippen LogP contribution in [-0.4, -0.2) is 33.8 Å². The number of rotatable bonds is 4. The summed E-state index contributed by atoms with van der Waals surface area (Å²) in [7, 11) is 0. The van der Waals surface area contributed by atoms with Crippen molar-refractivity contribution in [3.63, 3.8) is 0 Å². The van der Waals surface area contributed by atoms with E-state index in [0.29, 0.717) is 6.54 Å². The minimum Gasteiger partial charge on any atom is -0.346 e. The van der Waals surface area contributed by atoms with Crippen molar-refractivity contribution in [3.05, 3.63) is 53.9 Å². The van der Waals surface area contributed by atoms with Crippen molar-refractivity contribution in [2.75, 3.05) is 23.3 Å². The van der Waals surface area contributed by atoms with Gasteiger partial charge in [-0.2, -0.15) is 0 Å². The van der Waals surface area contributed by atoms with Crippen molar-refractivity contribution in [1.29, 1.82) is 0 Å². The predicted octanol–water partition coefficient (Wildman–Crippen LogP) is 3.80. The number of anilines is 2. The molecule has 0 unspecified atom stereocenters. The molecular formula is C20H23N5OS. The van der Waals surface area contributed by atoms with E-state index in [0.717, 1.165) is 40.9 Å². The minimum atomic E-state index is -0.0439. The van der Waals surface area contributed by atoms with Gasteiger partial charge in [-0.25, -0.2) is 0 Å². The third-order valence-corrected chi connectivity index (χ3v) is 6.15. The Bertz CT molecular complexity index is 934. The predicted molar refractivity (Wildman–Crippen MR) is 109 cm³/mol. The Hall–Kier alpha value is -2.67. The molecule has 0 radical (unpaired) electrons. The van der Waals surface area contributed by atoms with E-state index in [1.165, 1.54) is 5.56 Å². The van der Waals surface area contributed by atoms with Crippen molar-refractivity contribution in [2.45, 2.75) is 26.7 Å². The summed E-state index contributed by atoms with van der Waals surface area (Å²) in [4.78, 5) is 15.0. The lowest BCUT2D eigenvalue weighted by Gasteiger charge is -2.31. The highest BCUT2D eigenvalue weighted by Gasteiger charge is 2.28. The van der Waals surface area contributed by atoms with Gasteiger partial charge in [0.2, 0.25) is 16.2 Å². The lowest BCUT2D eigenvalue weighted by atomic mass is 9.97. The second-order valence-corrected chi connectivity index (χ2v) is 7.91. The number of benzene rings is 1. The van der Waals surface area contributed by atoms with Gasteiger partial charge in [-0.1, -0.05) is 23.5 Å². The summed E-state index contributed by atoms with van der Waals surface area (Å²) < 4.78 is 1.95. The maximum atomic E-state index is 12.8. The molecular weight excluding hydrogens is 358 g/mol. The number of piperidine rings is 1. The van der Waals surface area contributed by atoms with Gasteiger partial charge < -0.3 is 10.2 Å². The Morgan fingerprint density at radius 1 is 1.15 bits per heavy atom. The summed E-state index contributed by atoms with van der Waals surface area (Å²) in [5.74, 6) is 0.0427. The molecule has 1 atom stereocenters. The number of hydrogen-bond donors (Lipinski definition) is 1. The zero-order valence-electron chi connectivity index (χ0n) is 15.6. The largest absolute Gasteiger partial charge is 0.346 e. The summed E-state index contributed by atoms with van der Waals surface area (Å²) in [5, 5.41) is 13.5. The van der Waals surface area contributed by atoms with E-state index in [4.69, 9.17) is 0 Å². The third kappa shape index (κ3) is 3.73. The van der Waals surface area contributed by atoms with Gasteiger partial charge in [-0.05, 0) is 56.0 Å². The van der Waals surface area contributed by atoms with Gasteiger partial charge in [0, 0.05) is 31.2 Å². The molecule has 1 aliphatic heterocycles. The van der Waals surface area contributed by atoms with E-state index in [1.54, 1.807) is 11.3 Å². The quantitative estimate of drug-likeness (QED) is 0.747. The molecule has 140 valence electrons. The van der Waals surface area contributed by atoms with Crippen LogP contribution in [0, 0.1) is 19.8 Å². The number of hydrogen-bond acceptors (Lipinski definition) is 5. The molecule has 27 heavy (non-hydrogen) atoms. The fourth-order valence-corrected chi connectivity index (χ4v) is 4.24. The van der Waals surface area contributed by atoms with E-state index in [-0.39, 0.29) is 11.8 Å². The molecule has 1 amide bonds. The van der Waals surface area contributed by atoms with Gasteiger partial charge in [-0.3, -0.25) is 9.36 Å². The van der Waals surface area contributed by atoms with Crippen LogP contribution in [0.25, 0.3) is 5.13 Å². The highest BCUT2D eigenvalue weighted by atomic mass is 32.1. The van der Waals surface area contributed by atoms with Crippen LogP contribution >= 0.6 is 11.3 Å². The lowest BCUT2D eigenvalue weighted by Crippen LogP contribution is -2.40. The molecule has 7 heteroatoms. The Balaban J connectivity index is 1.45. The van der Waals surface area contributed by atoms with Crippen molar-refractivity contribution in [1.82, 2.24) is 14.8 Å². The number of carbonyl (C=O) groups excluding carboxylic acids is 1. The molecule has 1 N–H and O–H groups in total. The number of nitrogens with zero attached hydrogens (tertiary/aromatic N) is 4. The molecule has 6 nitrogen and oxygen atoms in total. The molecule has 1 saturated heterocycles. The van der Waals surface area contributed by atoms with Crippen LogP contribution in [0.1, 0.15) is 24.0 Å². The van der Waals surface area contributed by atoms with Crippen molar-refractivity contribution in [3.8, 4) is 5.13 Å². The summed E-state index contributed by atoms with van der Waals surface area (Å²) in [5.41, 5.74) is 3.21. The Morgan fingerprint density at radius 2 is 1.93 bits per heavy atom. The Morgan fingerprint density at radius 3 is 2.74 bits per heavy atom. The number of aromatic nitrogens is 3. The van der Waals surface area contributed by atoms with E-state index >= 15 is 0 Å². The van der Waals surface area contributed by atoms with E-state index < -0.39 is 0 Å². The van der Waals surface area contributed by atoms with Crippen LogP contribution in [0.5, 0.6) is 0 Å². The van der Waals surface area contributed by atoms with Gasteiger partial charge >= 0.3 is 0 Å². The minimum absolute atomic E-state index is 0.0439. The molecule has 1 aliphatic rings.